The second kappa shape index (κ2) is 7.84. The van der Waals surface area contributed by atoms with Crippen LogP contribution in [0, 0.1) is 10.1 Å². The Kier molecular flexibility index (Phi) is 5.83. The summed E-state index contributed by atoms with van der Waals surface area (Å²) in [5.74, 6) is -0.327. The van der Waals surface area contributed by atoms with Crippen LogP contribution in [0.2, 0.25) is 0 Å². The van der Waals surface area contributed by atoms with Gasteiger partial charge in [-0.25, -0.2) is 9.67 Å². The van der Waals surface area contributed by atoms with Crippen LogP contribution in [0.4, 0.5) is 5.69 Å². The molecular weight excluding hydrogens is 336 g/mol. The van der Waals surface area contributed by atoms with Gasteiger partial charge < -0.3 is 10.6 Å². The molecule has 9 nitrogen and oxygen atoms in total. The molecule has 1 atom stereocenters. The third-order valence-corrected chi connectivity index (χ3v) is 3.77. The number of rotatable bonds is 5. The predicted octanol–water partition coefficient (Wildman–Crippen LogP) is 1.08. The van der Waals surface area contributed by atoms with Gasteiger partial charge >= 0.3 is 0 Å². The highest BCUT2D eigenvalue weighted by atomic mass is 35.5. The summed E-state index contributed by atoms with van der Waals surface area (Å²) < 4.78 is 1.29. The van der Waals surface area contributed by atoms with Gasteiger partial charge in [0.15, 0.2) is 0 Å². The van der Waals surface area contributed by atoms with Crippen LogP contribution in [-0.2, 0) is 0 Å². The predicted molar refractivity (Wildman–Crippen MR) is 88.6 cm³/mol. The molecule has 2 N–H and O–H groups in total. The van der Waals surface area contributed by atoms with Gasteiger partial charge in [-0.2, -0.15) is 5.10 Å². The molecule has 128 valence electrons. The lowest BCUT2D eigenvalue weighted by Crippen LogP contribution is -2.37. The normalized spacial score (nSPS) is 16.4. The molecule has 1 amide bonds. The minimum Gasteiger partial charge on any atom is -0.350 e. The van der Waals surface area contributed by atoms with Gasteiger partial charge in [0.25, 0.3) is 11.6 Å². The van der Waals surface area contributed by atoms with Gasteiger partial charge in [-0.1, -0.05) is 0 Å². The molecule has 1 aromatic carbocycles. The van der Waals surface area contributed by atoms with E-state index in [2.05, 4.69) is 20.7 Å². The molecule has 24 heavy (non-hydrogen) atoms. The number of nitro groups is 1. The highest BCUT2D eigenvalue weighted by Gasteiger charge is 2.20. The van der Waals surface area contributed by atoms with Crippen LogP contribution >= 0.6 is 12.4 Å². The van der Waals surface area contributed by atoms with Crippen LogP contribution in [-0.4, -0.2) is 44.7 Å². The maximum Gasteiger partial charge on any atom is 0.295 e. The van der Waals surface area contributed by atoms with Crippen LogP contribution in [0.5, 0.6) is 0 Å². The van der Waals surface area contributed by atoms with Crippen LogP contribution in [0.1, 0.15) is 23.2 Å². The third kappa shape index (κ3) is 3.87. The Morgan fingerprint density at radius 2 is 2.33 bits per heavy atom. The number of carbonyl (C=O) groups is 1. The number of hydrogen-bond donors (Lipinski definition) is 2. The quantitative estimate of drug-likeness (QED) is 0.614. The van der Waals surface area contributed by atoms with E-state index in [9.17, 15) is 14.9 Å². The molecular formula is C14H17ClN6O3. The fourth-order valence-corrected chi connectivity index (χ4v) is 2.59. The largest absolute Gasteiger partial charge is 0.350 e. The molecule has 0 spiro atoms. The van der Waals surface area contributed by atoms with Gasteiger partial charge in [0.05, 0.1) is 4.92 Å². The van der Waals surface area contributed by atoms with Gasteiger partial charge in [0, 0.05) is 24.2 Å². The van der Waals surface area contributed by atoms with Crippen molar-refractivity contribution in [3.63, 3.8) is 0 Å². The number of nitrogens with zero attached hydrogens (tertiary/aromatic N) is 4. The molecule has 0 aliphatic carbocycles. The fraction of sp³-hybridized carbons (Fsp3) is 0.357. The molecule has 1 fully saturated rings. The molecule has 1 aromatic heterocycles. The Morgan fingerprint density at radius 1 is 1.50 bits per heavy atom. The highest BCUT2D eigenvalue weighted by Crippen LogP contribution is 2.23. The van der Waals surface area contributed by atoms with Crippen molar-refractivity contribution in [2.75, 3.05) is 13.1 Å². The van der Waals surface area contributed by atoms with Gasteiger partial charge in [-0.15, -0.1) is 12.4 Å². The zero-order valence-corrected chi connectivity index (χ0v) is 13.5. The van der Waals surface area contributed by atoms with E-state index in [1.807, 2.05) is 0 Å². The van der Waals surface area contributed by atoms with Crippen molar-refractivity contribution in [2.24, 2.45) is 0 Å². The number of amides is 1. The van der Waals surface area contributed by atoms with Crippen molar-refractivity contribution in [2.45, 2.75) is 18.9 Å². The number of hydrogen-bond acceptors (Lipinski definition) is 6. The fourth-order valence-electron chi connectivity index (χ4n) is 2.59. The zero-order chi connectivity index (χ0) is 16.2. The second-order valence-electron chi connectivity index (χ2n) is 5.30. The molecule has 0 saturated carbocycles. The zero-order valence-electron chi connectivity index (χ0n) is 12.7. The average molecular weight is 353 g/mol. The SMILES string of the molecule is Cl.O=C(NCC1CCCN1)c1ccc(-n2cncn2)c([N+](=O)[O-])c1. The summed E-state index contributed by atoms with van der Waals surface area (Å²) in [7, 11) is 0. The molecule has 1 saturated heterocycles. The van der Waals surface area contributed by atoms with Crippen molar-refractivity contribution < 1.29 is 9.72 Å². The number of aromatic nitrogens is 3. The first-order chi connectivity index (χ1) is 11.1. The average Bonchev–Trinajstić information content (AvgIpc) is 3.25. The van der Waals surface area contributed by atoms with Crippen LogP contribution in [0.25, 0.3) is 5.69 Å². The van der Waals surface area contributed by atoms with Crippen LogP contribution in [0.3, 0.4) is 0 Å². The van der Waals surface area contributed by atoms with Crippen molar-refractivity contribution in [3.05, 3.63) is 46.5 Å². The van der Waals surface area contributed by atoms with Gasteiger partial charge in [-0.3, -0.25) is 14.9 Å². The third-order valence-electron chi connectivity index (χ3n) is 3.77. The van der Waals surface area contributed by atoms with E-state index in [0.29, 0.717) is 6.54 Å². The van der Waals surface area contributed by atoms with E-state index in [1.54, 1.807) is 6.07 Å². The second-order valence-corrected chi connectivity index (χ2v) is 5.30. The lowest BCUT2D eigenvalue weighted by Gasteiger charge is -2.11. The molecule has 1 unspecified atom stereocenters. The van der Waals surface area contributed by atoms with E-state index in [1.165, 1.54) is 29.5 Å². The first-order valence-electron chi connectivity index (χ1n) is 7.30. The molecule has 2 aromatic rings. The Balaban J connectivity index is 0.00000208. The summed E-state index contributed by atoms with van der Waals surface area (Å²) in [4.78, 5) is 26.7. The van der Waals surface area contributed by atoms with E-state index in [-0.39, 0.29) is 41.3 Å². The first-order valence-corrected chi connectivity index (χ1v) is 7.30. The van der Waals surface area contributed by atoms with E-state index >= 15 is 0 Å². The lowest BCUT2D eigenvalue weighted by molar-refractivity contribution is -0.384. The number of benzene rings is 1. The van der Waals surface area contributed by atoms with Crippen molar-refractivity contribution >= 4 is 24.0 Å². The minimum absolute atomic E-state index is 0. The molecule has 0 radical (unpaired) electrons. The van der Waals surface area contributed by atoms with Gasteiger partial charge in [0.2, 0.25) is 0 Å². The lowest BCUT2D eigenvalue weighted by atomic mass is 10.1. The number of nitrogens with one attached hydrogen (secondary N) is 2. The molecule has 2 heterocycles. The topological polar surface area (TPSA) is 115 Å². The Hall–Kier alpha value is -2.52. The van der Waals surface area contributed by atoms with E-state index in [0.717, 1.165) is 19.4 Å². The molecule has 3 rings (SSSR count). The maximum atomic E-state index is 12.2. The first kappa shape index (κ1) is 17.8. The summed E-state index contributed by atoms with van der Waals surface area (Å²) >= 11 is 0. The van der Waals surface area contributed by atoms with Gasteiger partial charge in [-0.05, 0) is 31.5 Å². The maximum absolute atomic E-state index is 12.2. The van der Waals surface area contributed by atoms with Crippen LogP contribution < -0.4 is 10.6 Å². The van der Waals surface area contributed by atoms with Crippen molar-refractivity contribution in [1.29, 1.82) is 0 Å². The highest BCUT2D eigenvalue weighted by molar-refractivity contribution is 5.95. The van der Waals surface area contributed by atoms with Gasteiger partial charge in [0.1, 0.15) is 18.3 Å². The standard InChI is InChI=1S/C14H16N6O3.ClH/c21-14(17-7-11-2-1-5-16-11)10-3-4-12(13(6-10)20(22)23)19-9-15-8-18-19;/h3-4,6,8-9,11,16H,1-2,5,7H2,(H,17,21);1H. The van der Waals surface area contributed by atoms with Crippen LogP contribution in [0.15, 0.2) is 30.9 Å². The molecule has 10 heteroatoms. The Labute approximate surface area is 144 Å². The van der Waals surface area contributed by atoms with Crippen molar-refractivity contribution in [3.8, 4) is 5.69 Å². The Bertz CT molecular complexity index is 715. The summed E-state index contributed by atoms with van der Waals surface area (Å²) in [6, 6.07) is 4.56. The summed E-state index contributed by atoms with van der Waals surface area (Å²) in [6.45, 7) is 1.47. The molecule has 1 aliphatic heterocycles. The number of carbonyl (C=O) groups excluding carboxylic acids is 1. The summed E-state index contributed by atoms with van der Waals surface area (Å²) in [5.41, 5.74) is 0.321. The summed E-state index contributed by atoms with van der Waals surface area (Å²) in [5, 5.41) is 21.2. The number of halogens is 1. The summed E-state index contributed by atoms with van der Waals surface area (Å²) in [6.07, 6.45) is 4.77. The number of nitro benzene ring substituents is 1. The molecule has 1 aliphatic rings. The Morgan fingerprint density at radius 3 is 2.96 bits per heavy atom. The minimum atomic E-state index is -0.535. The molecule has 0 bridgehead atoms. The van der Waals surface area contributed by atoms with Crippen molar-refractivity contribution in [1.82, 2.24) is 25.4 Å². The smallest absolute Gasteiger partial charge is 0.295 e. The monoisotopic (exact) mass is 352 g/mol. The van der Waals surface area contributed by atoms with E-state index < -0.39 is 4.92 Å². The van der Waals surface area contributed by atoms with E-state index in [4.69, 9.17) is 0 Å².